The fourth-order valence-corrected chi connectivity index (χ4v) is 2.01. The summed E-state index contributed by atoms with van der Waals surface area (Å²) in [6.45, 7) is 0. The van der Waals surface area contributed by atoms with Crippen molar-refractivity contribution < 1.29 is 4.39 Å². The fourth-order valence-electron chi connectivity index (χ4n) is 1.63. The molecule has 1 atom stereocenters. The van der Waals surface area contributed by atoms with Crippen LogP contribution in [0, 0.1) is 5.82 Å². The van der Waals surface area contributed by atoms with Crippen LogP contribution >= 0.6 is 23.2 Å². The van der Waals surface area contributed by atoms with Gasteiger partial charge in [0.05, 0.1) is 6.04 Å². The second kappa shape index (κ2) is 5.05. The zero-order valence-electron chi connectivity index (χ0n) is 8.83. The summed E-state index contributed by atoms with van der Waals surface area (Å²) in [5.41, 5.74) is 7.11. The molecule has 0 amide bonds. The number of rotatable bonds is 2. The van der Waals surface area contributed by atoms with Crippen molar-refractivity contribution in [3.8, 4) is 0 Å². The van der Waals surface area contributed by atoms with Gasteiger partial charge in [-0.3, -0.25) is 0 Å². The molecule has 0 aliphatic heterocycles. The zero-order valence-corrected chi connectivity index (χ0v) is 10.3. The summed E-state index contributed by atoms with van der Waals surface area (Å²) < 4.78 is 13.6. The summed E-state index contributed by atoms with van der Waals surface area (Å²) in [4.78, 5) is 0. The van der Waals surface area contributed by atoms with Crippen molar-refractivity contribution in [1.82, 2.24) is 0 Å². The molecule has 0 saturated heterocycles. The monoisotopic (exact) mass is 269 g/mol. The molecule has 88 valence electrons. The molecule has 0 fully saturated rings. The average Bonchev–Trinajstić information content (AvgIpc) is 2.31. The first-order chi connectivity index (χ1) is 8.08. The Morgan fingerprint density at radius 1 is 1.00 bits per heavy atom. The third-order valence-corrected chi connectivity index (χ3v) is 2.97. The van der Waals surface area contributed by atoms with Gasteiger partial charge in [0.1, 0.15) is 5.82 Å². The van der Waals surface area contributed by atoms with E-state index in [2.05, 4.69) is 0 Å². The number of hydrogen-bond acceptors (Lipinski definition) is 1. The maximum Gasteiger partial charge on any atom is 0.128 e. The standard InChI is InChI=1S/C13H10Cl2FN/c14-9-3-1-2-8(6-9)13(17)11-7-10(15)4-5-12(11)16/h1-7,13H,17H2. The first kappa shape index (κ1) is 12.4. The highest BCUT2D eigenvalue weighted by Crippen LogP contribution is 2.26. The molecule has 1 unspecified atom stereocenters. The van der Waals surface area contributed by atoms with Gasteiger partial charge in [0.2, 0.25) is 0 Å². The lowest BCUT2D eigenvalue weighted by molar-refractivity contribution is 0.600. The summed E-state index contributed by atoms with van der Waals surface area (Å²) >= 11 is 11.7. The van der Waals surface area contributed by atoms with Crippen molar-refractivity contribution in [2.75, 3.05) is 0 Å². The van der Waals surface area contributed by atoms with Crippen LogP contribution in [0.15, 0.2) is 42.5 Å². The molecule has 4 heteroatoms. The second-order valence-corrected chi connectivity index (χ2v) is 4.57. The number of nitrogens with two attached hydrogens (primary N) is 1. The minimum atomic E-state index is -0.576. The Bertz CT molecular complexity index is 543. The normalized spacial score (nSPS) is 12.5. The third kappa shape index (κ3) is 2.78. The lowest BCUT2D eigenvalue weighted by Gasteiger charge is -2.14. The van der Waals surface area contributed by atoms with Crippen LogP contribution < -0.4 is 5.73 Å². The Labute approximate surface area is 109 Å². The van der Waals surface area contributed by atoms with Gasteiger partial charge in [0, 0.05) is 15.6 Å². The van der Waals surface area contributed by atoms with Gasteiger partial charge >= 0.3 is 0 Å². The van der Waals surface area contributed by atoms with Gasteiger partial charge in [-0.15, -0.1) is 0 Å². The molecule has 17 heavy (non-hydrogen) atoms. The van der Waals surface area contributed by atoms with E-state index in [1.54, 1.807) is 24.3 Å². The molecule has 2 N–H and O–H groups in total. The topological polar surface area (TPSA) is 26.0 Å². The Kier molecular flexibility index (Phi) is 3.67. The summed E-state index contributed by atoms with van der Waals surface area (Å²) in [5, 5.41) is 1.03. The molecule has 2 rings (SSSR count). The molecule has 0 aliphatic rings. The molecular weight excluding hydrogens is 260 g/mol. The Hall–Kier alpha value is -1.09. The summed E-state index contributed by atoms with van der Waals surface area (Å²) in [7, 11) is 0. The first-order valence-corrected chi connectivity index (χ1v) is 5.79. The molecule has 1 nitrogen and oxygen atoms in total. The van der Waals surface area contributed by atoms with Gasteiger partial charge in [0.25, 0.3) is 0 Å². The summed E-state index contributed by atoms with van der Waals surface area (Å²) in [6, 6.07) is 10.8. The van der Waals surface area contributed by atoms with Crippen molar-refractivity contribution in [3.05, 3.63) is 69.5 Å². The van der Waals surface area contributed by atoms with Crippen LogP contribution in [0.25, 0.3) is 0 Å². The van der Waals surface area contributed by atoms with Crippen molar-refractivity contribution in [2.45, 2.75) is 6.04 Å². The van der Waals surface area contributed by atoms with E-state index < -0.39 is 6.04 Å². The lowest BCUT2D eigenvalue weighted by atomic mass is 9.99. The van der Waals surface area contributed by atoms with Crippen molar-refractivity contribution in [2.24, 2.45) is 5.73 Å². The van der Waals surface area contributed by atoms with Crippen LogP contribution in [0.2, 0.25) is 10.0 Å². The van der Waals surface area contributed by atoms with Crippen molar-refractivity contribution >= 4 is 23.2 Å². The van der Waals surface area contributed by atoms with Gasteiger partial charge in [-0.2, -0.15) is 0 Å². The highest BCUT2D eigenvalue weighted by molar-refractivity contribution is 6.31. The van der Waals surface area contributed by atoms with Crippen LogP contribution in [0.1, 0.15) is 17.2 Å². The number of benzene rings is 2. The number of hydrogen-bond donors (Lipinski definition) is 1. The van der Waals surface area contributed by atoms with Crippen LogP contribution in [0.4, 0.5) is 4.39 Å². The second-order valence-electron chi connectivity index (χ2n) is 3.70. The van der Waals surface area contributed by atoms with E-state index in [9.17, 15) is 4.39 Å². The van der Waals surface area contributed by atoms with Gasteiger partial charge in [-0.1, -0.05) is 35.3 Å². The Balaban J connectivity index is 2.43. The lowest BCUT2D eigenvalue weighted by Crippen LogP contribution is -2.13. The molecule has 2 aromatic carbocycles. The quantitative estimate of drug-likeness (QED) is 0.870. The molecule has 0 radical (unpaired) electrons. The molecule has 0 spiro atoms. The van der Waals surface area contributed by atoms with Crippen LogP contribution in [0.3, 0.4) is 0 Å². The summed E-state index contributed by atoms with van der Waals surface area (Å²) in [6.07, 6.45) is 0. The van der Waals surface area contributed by atoms with Gasteiger partial charge in [-0.05, 0) is 35.9 Å². The van der Waals surface area contributed by atoms with E-state index in [1.807, 2.05) is 0 Å². The van der Waals surface area contributed by atoms with E-state index in [4.69, 9.17) is 28.9 Å². The highest BCUT2D eigenvalue weighted by atomic mass is 35.5. The van der Waals surface area contributed by atoms with E-state index >= 15 is 0 Å². The molecule has 0 aromatic heterocycles. The predicted molar refractivity (Wildman–Crippen MR) is 68.9 cm³/mol. The average molecular weight is 270 g/mol. The van der Waals surface area contributed by atoms with Gasteiger partial charge in [0.15, 0.2) is 0 Å². The SMILES string of the molecule is NC(c1cccc(Cl)c1)c1cc(Cl)ccc1F. The minimum absolute atomic E-state index is 0.361. The molecule has 0 aliphatic carbocycles. The van der Waals surface area contributed by atoms with Crippen molar-refractivity contribution in [3.63, 3.8) is 0 Å². The molecular formula is C13H10Cl2FN. The Morgan fingerprint density at radius 3 is 2.41 bits per heavy atom. The van der Waals surface area contributed by atoms with Crippen LogP contribution in [0.5, 0.6) is 0 Å². The summed E-state index contributed by atoms with van der Waals surface area (Å²) in [5.74, 6) is -0.373. The maximum absolute atomic E-state index is 13.6. The molecule has 0 saturated carbocycles. The van der Waals surface area contributed by atoms with E-state index in [0.29, 0.717) is 15.6 Å². The molecule has 0 bridgehead atoms. The predicted octanol–water partition coefficient (Wildman–Crippen LogP) is 4.18. The van der Waals surface area contributed by atoms with Crippen LogP contribution in [-0.2, 0) is 0 Å². The zero-order chi connectivity index (χ0) is 12.4. The highest BCUT2D eigenvalue weighted by Gasteiger charge is 2.14. The van der Waals surface area contributed by atoms with E-state index in [1.165, 1.54) is 18.2 Å². The third-order valence-electron chi connectivity index (χ3n) is 2.50. The first-order valence-electron chi connectivity index (χ1n) is 5.04. The van der Waals surface area contributed by atoms with E-state index in [-0.39, 0.29) is 5.82 Å². The smallest absolute Gasteiger partial charge is 0.128 e. The maximum atomic E-state index is 13.6. The Morgan fingerprint density at radius 2 is 1.71 bits per heavy atom. The largest absolute Gasteiger partial charge is 0.320 e. The van der Waals surface area contributed by atoms with Gasteiger partial charge in [-0.25, -0.2) is 4.39 Å². The van der Waals surface area contributed by atoms with E-state index in [0.717, 1.165) is 5.56 Å². The molecule has 0 heterocycles. The molecule has 2 aromatic rings. The number of halogens is 3. The van der Waals surface area contributed by atoms with Crippen molar-refractivity contribution in [1.29, 1.82) is 0 Å². The minimum Gasteiger partial charge on any atom is -0.320 e. The fraction of sp³-hybridized carbons (Fsp3) is 0.0769. The van der Waals surface area contributed by atoms with Crippen LogP contribution in [-0.4, -0.2) is 0 Å². The van der Waals surface area contributed by atoms with Gasteiger partial charge < -0.3 is 5.73 Å².